The summed E-state index contributed by atoms with van der Waals surface area (Å²) in [7, 11) is 1.57. The summed E-state index contributed by atoms with van der Waals surface area (Å²) < 4.78 is 5.90. The van der Waals surface area contributed by atoms with Gasteiger partial charge in [-0.1, -0.05) is 6.07 Å². The molecule has 0 aliphatic rings. The number of ether oxygens (including phenoxy) is 1. The number of anilines is 1. The summed E-state index contributed by atoms with van der Waals surface area (Å²) in [6, 6.07) is 12.9. The number of pyridine rings is 1. The van der Waals surface area contributed by atoms with Crippen LogP contribution in [0.25, 0.3) is 10.9 Å². The zero-order chi connectivity index (χ0) is 16.4. The number of carbonyl (C=O) groups excluding carboxylic acids is 1. The monoisotopic (exact) mass is 370 g/mol. The Kier molecular flexibility index (Phi) is 4.30. The third-order valence-electron chi connectivity index (χ3n) is 3.64. The highest BCUT2D eigenvalue weighted by Crippen LogP contribution is 2.27. The van der Waals surface area contributed by atoms with Crippen molar-refractivity contribution in [2.24, 2.45) is 0 Å². The van der Waals surface area contributed by atoms with Gasteiger partial charge in [-0.25, -0.2) is 0 Å². The first-order valence-electron chi connectivity index (χ1n) is 7.09. The average Bonchev–Trinajstić information content (AvgIpc) is 2.58. The zero-order valence-corrected chi connectivity index (χ0v) is 14.3. The molecule has 1 heterocycles. The Morgan fingerprint density at radius 2 is 2.04 bits per heavy atom. The van der Waals surface area contributed by atoms with Crippen molar-refractivity contribution in [3.8, 4) is 5.75 Å². The molecule has 3 rings (SSSR count). The molecule has 0 saturated carbocycles. The highest BCUT2D eigenvalue weighted by atomic mass is 79.9. The van der Waals surface area contributed by atoms with Gasteiger partial charge < -0.3 is 10.1 Å². The lowest BCUT2D eigenvalue weighted by molar-refractivity contribution is 0.102. The number of hydrogen-bond acceptors (Lipinski definition) is 3. The number of halogens is 1. The molecule has 0 bridgehead atoms. The van der Waals surface area contributed by atoms with Crippen LogP contribution in [0.4, 0.5) is 5.69 Å². The van der Waals surface area contributed by atoms with Crippen molar-refractivity contribution in [2.75, 3.05) is 12.4 Å². The fraction of sp³-hybridized carbons (Fsp3) is 0.111. The fourth-order valence-corrected chi connectivity index (χ4v) is 2.84. The van der Waals surface area contributed by atoms with E-state index in [1.807, 2.05) is 31.2 Å². The molecule has 3 aromatic rings. The molecule has 0 spiro atoms. The molecule has 0 atom stereocenters. The van der Waals surface area contributed by atoms with Crippen molar-refractivity contribution in [3.63, 3.8) is 0 Å². The Morgan fingerprint density at radius 1 is 1.22 bits per heavy atom. The number of fused-ring (bicyclic) bond motifs is 1. The number of aromatic nitrogens is 1. The summed E-state index contributed by atoms with van der Waals surface area (Å²) in [5.41, 5.74) is 3.21. The van der Waals surface area contributed by atoms with Crippen LogP contribution in [-0.4, -0.2) is 18.0 Å². The maximum Gasteiger partial charge on any atom is 0.256 e. The molecule has 0 aliphatic carbocycles. The number of amides is 1. The van der Waals surface area contributed by atoms with E-state index in [0.29, 0.717) is 15.8 Å². The van der Waals surface area contributed by atoms with Crippen LogP contribution in [0.5, 0.6) is 5.75 Å². The predicted octanol–water partition coefficient (Wildman–Crippen LogP) is 4.57. The van der Waals surface area contributed by atoms with E-state index in [1.165, 1.54) is 0 Å². The van der Waals surface area contributed by atoms with Gasteiger partial charge in [0.15, 0.2) is 0 Å². The predicted molar refractivity (Wildman–Crippen MR) is 95.1 cm³/mol. The minimum Gasteiger partial charge on any atom is -0.497 e. The van der Waals surface area contributed by atoms with Crippen LogP contribution in [0.2, 0.25) is 0 Å². The van der Waals surface area contributed by atoms with Gasteiger partial charge >= 0.3 is 0 Å². The van der Waals surface area contributed by atoms with Gasteiger partial charge in [-0.15, -0.1) is 0 Å². The Balaban J connectivity index is 2.00. The van der Waals surface area contributed by atoms with Crippen LogP contribution in [0.1, 0.15) is 15.9 Å². The van der Waals surface area contributed by atoms with Crippen molar-refractivity contribution in [3.05, 3.63) is 64.3 Å². The number of nitrogens with one attached hydrogen (secondary N) is 1. The van der Waals surface area contributed by atoms with Crippen molar-refractivity contribution >= 4 is 38.4 Å². The maximum absolute atomic E-state index is 12.6. The quantitative estimate of drug-likeness (QED) is 0.734. The summed E-state index contributed by atoms with van der Waals surface area (Å²) in [5.74, 6) is 0.429. The van der Waals surface area contributed by atoms with E-state index >= 15 is 0 Å². The molecule has 0 aliphatic heterocycles. The summed E-state index contributed by atoms with van der Waals surface area (Å²) in [4.78, 5) is 17.0. The fourth-order valence-electron chi connectivity index (χ4n) is 2.42. The molecule has 1 amide bonds. The molecule has 2 aromatic carbocycles. The summed E-state index contributed by atoms with van der Waals surface area (Å²) in [5, 5.41) is 3.87. The molecule has 0 fully saturated rings. The minimum absolute atomic E-state index is 0.204. The first kappa shape index (κ1) is 15.5. The number of methoxy groups -OCH3 is 1. The molecule has 1 aromatic heterocycles. The van der Waals surface area contributed by atoms with E-state index in [1.54, 1.807) is 31.5 Å². The van der Waals surface area contributed by atoms with Gasteiger partial charge in [-0.3, -0.25) is 9.78 Å². The molecular formula is C18H15BrN2O2. The third-order valence-corrected chi connectivity index (χ3v) is 4.33. The van der Waals surface area contributed by atoms with E-state index in [2.05, 4.69) is 26.2 Å². The molecule has 0 radical (unpaired) electrons. The molecule has 0 saturated heterocycles. The number of nitrogens with zero attached hydrogens (tertiary/aromatic N) is 1. The zero-order valence-electron chi connectivity index (χ0n) is 12.8. The first-order valence-corrected chi connectivity index (χ1v) is 7.88. The van der Waals surface area contributed by atoms with E-state index in [-0.39, 0.29) is 5.91 Å². The Labute approximate surface area is 142 Å². The van der Waals surface area contributed by atoms with Gasteiger partial charge in [0.25, 0.3) is 5.91 Å². The topological polar surface area (TPSA) is 51.2 Å². The van der Waals surface area contributed by atoms with Gasteiger partial charge in [0, 0.05) is 16.1 Å². The smallest absolute Gasteiger partial charge is 0.256 e. The number of rotatable bonds is 3. The molecule has 1 N–H and O–H groups in total. The Bertz CT molecular complexity index is 893. The molecule has 0 unspecified atom stereocenters. The molecular weight excluding hydrogens is 356 g/mol. The standard InChI is InChI=1S/C18H15BrN2O2/c1-11-5-8-16(13-4-3-9-20-17(11)13)21-18(22)14-10-12(23-2)6-7-15(14)19/h3-10H,1-2H3,(H,21,22). The second-order valence-corrected chi connectivity index (χ2v) is 5.98. The van der Waals surface area contributed by atoms with Crippen molar-refractivity contribution in [1.29, 1.82) is 0 Å². The average molecular weight is 371 g/mol. The Hall–Kier alpha value is -2.40. The summed E-state index contributed by atoms with van der Waals surface area (Å²) in [6.45, 7) is 2.00. The van der Waals surface area contributed by atoms with Gasteiger partial charge in [0.2, 0.25) is 0 Å². The van der Waals surface area contributed by atoms with Crippen LogP contribution in [0.3, 0.4) is 0 Å². The van der Waals surface area contributed by atoms with Gasteiger partial charge in [-0.05, 0) is 64.8 Å². The normalized spacial score (nSPS) is 10.6. The molecule has 5 heteroatoms. The lowest BCUT2D eigenvalue weighted by Gasteiger charge is -2.11. The number of benzene rings is 2. The van der Waals surface area contributed by atoms with Crippen LogP contribution in [0, 0.1) is 6.92 Å². The second kappa shape index (κ2) is 6.38. The first-order chi connectivity index (χ1) is 11.1. The summed E-state index contributed by atoms with van der Waals surface area (Å²) in [6.07, 6.45) is 1.75. The van der Waals surface area contributed by atoms with Gasteiger partial charge in [0.05, 0.1) is 23.9 Å². The molecule has 4 nitrogen and oxygen atoms in total. The van der Waals surface area contributed by atoms with E-state index in [4.69, 9.17) is 4.74 Å². The van der Waals surface area contributed by atoms with Crippen LogP contribution in [-0.2, 0) is 0 Å². The van der Waals surface area contributed by atoms with Crippen LogP contribution in [0.15, 0.2) is 53.1 Å². The third kappa shape index (κ3) is 3.05. The lowest BCUT2D eigenvalue weighted by Crippen LogP contribution is -2.13. The number of carbonyl (C=O) groups is 1. The van der Waals surface area contributed by atoms with E-state index in [0.717, 1.165) is 22.2 Å². The molecule has 23 heavy (non-hydrogen) atoms. The summed E-state index contributed by atoms with van der Waals surface area (Å²) >= 11 is 3.41. The molecule has 116 valence electrons. The SMILES string of the molecule is COc1ccc(Br)c(C(=O)Nc2ccc(C)c3ncccc23)c1. The van der Waals surface area contributed by atoms with E-state index < -0.39 is 0 Å². The van der Waals surface area contributed by atoms with Crippen LogP contribution >= 0.6 is 15.9 Å². The largest absolute Gasteiger partial charge is 0.497 e. The Morgan fingerprint density at radius 3 is 2.83 bits per heavy atom. The second-order valence-electron chi connectivity index (χ2n) is 5.13. The maximum atomic E-state index is 12.6. The number of aryl methyl sites for hydroxylation is 1. The van der Waals surface area contributed by atoms with E-state index in [9.17, 15) is 4.79 Å². The lowest BCUT2D eigenvalue weighted by atomic mass is 10.1. The minimum atomic E-state index is -0.204. The van der Waals surface area contributed by atoms with Gasteiger partial charge in [0.1, 0.15) is 5.75 Å². The number of hydrogen-bond donors (Lipinski definition) is 1. The van der Waals surface area contributed by atoms with Crippen LogP contribution < -0.4 is 10.1 Å². The highest BCUT2D eigenvalue weighted by Gasteiger charge is 2.13. The van der Waals surface area contributed by atoms with Crippen molar-refractivity contribution in [2.45, 2.75) is 6.92 Å². The van der Waals surface area contributed by atoms with Gasteiger partial charge in [-0.2, -0.15) is 0 Å². The van der Waals surface area contributed by atoms with Crippen molar-refractivity contribution in [1.82, 2.24) is 4.98 Å². The highest BCUT2D eigenvalue weighted by molar-refractivity contribution is 9.10. The van der Waals surface area contributed by atoms with Crippen molar-refractivity contribution < 1.29 is 9.53 Å².